The van der Waals surface area contributed by atoms with Gasteiger partial charge in [-0.05, 0) is 36.3 Å². The van der Waals surface area contributed by atoms with E-state index >= 15 is 0 Å². The summed E-state index contributed by atoms with van der Waals surface area (Å²) in [4.78, 5) is 26.3. The van der Waals surface area contributed by atoms with Gasteiger partial charge in [0.2, 0.25) is 5.91 Å². The molecular weight excluding hydrogens is 268 g/mol. The fourth-order valence-electron chi connectivity index (χ4n) is 1.70. The van der Waals surface area contributed by atoms with Crippen LogP contribution >= 0.6 is 0 Å². The lowest BCUT2D eigenvalue weighted by atomic mass is 10.1. The van der Waals surface area contributed by atoms with Gasteiger partial charge in [-0.15, -0.1) is 0 Å². The number of amides is 1. The number of anilines is 1. The van der Waals surface area contributed by atoms with E-state index in [-0.39, 0.29) is 11.5 Å². The molecule has 5 nitrogen and oxygen atoms in total. The van der Waals surface area contributed by atoms with E-state index in [0.717, 1.165) is 11.1 Å². The Balaban J connectivity index is 2.02. The number of nitrogens with one attached hydrogen (secondary N) is 1. The lowest BCUT2D eigenvalue weighted by Crippen LogP contribution is -2.09. The summed E-state index contributed by atoms with van der Waals surface area (Å²) in [5.74, 6) is -1.08. The fraction of sp³-hybridized carbons (Fsp3) is 0.0625. The molecule has 1 aromatic carbocycles. The molecule has 1 amide bonds. The maximum absolute atomic E-state index is 11.8. The molecule has 0 bridgehead atoms. The molecule has 0 spiro atoms. The Kier molecular flexibility index (Phi) is 4.46. The van der Waals surface area contributed by atoms with Crippen LogP contribution in [0.5, 0.6) is 0 Å². The lowest BCUT2D eigenvalue weighted by molar-refractivity contribution is -0.111. The van der Waals surface area contributed by atoms with Gasteiger partial charge < -0.3 is 10.4 Å². The van der Waals surface area contributed by atoms with Crippen molar-refractivity contribution >= 4 is 23.8 Å². The molecule has 0 unspecified atom stereocenters. The van der Waals surface area contributed by atoms with E-state index in [1.807, 2.05) is 31.2 Å². The zero-order valence-electron chi connectivity index (χ0n) is 11.4. The number of nitrogens with zero attached hydrogens (tertiary/aromatic N) is 1. The van der Waals surface area contributed by atoms with Gasteiger partial charge in [-0.25, -0.2) is 9.78 Å². The van der Waals surface area contributed by atoms with Crippen LogP contribution in [0.1, 0.15) is 21.5 Å². The van der Waals surface area contributed by atoms with Gasteiger partial charge in [-0.3, -0.25) is 4.79 Å². The average Bonchev–Trinajstić information content (AvgIpc) is 2.47. The zero-order chi connectivity index (χ0) is 15.2. The number of aryl methyl sites for hydroxylation is 1. The smallest absolute Gasteiger partial charge is 0.337 e. The summed E-state index contributed by atoms with van der Waals surface area (Å²) in [6.07, 6.45) is 4.33. The van der Waals surface area contributed by atoms with Crippen LogP contribution in [0.15, 0.2) is 48.7 Å². The Hall–Kier alpha value is -2.95. The van der Waals surface area contributed by atoms with Gasteiger partial charge in [0, 0.05) is 12.3 Å². The number of aromatic carboxylic acids is 1. The van der Waals surface area contributed by atoms with E-state index in [9.17, 15) is 9.59 Å². The van der Waals surface area contributed by atoms with Gasteiger partial charge in [-0.2, -0.15) is 0 Å². The number of hydrogen-bond acceptors (Lipinski definition) is 3. The Morgan fingerprint density at radius 3 is 2.57 bits per heavy atom. The molecule has 0 atom stereocenters. The van der Waals surface area contributed by atoms with E-state index in [1.165, 1.54) is 24.4 Å². The summed E-state index contributed by atoms with van der Waals surface area (Å²) >= 11 is 0. The molecule has 1 heterocycles. The topological polar surface area (TPSA) is 79.3 Å². The first-order chi connectivity index (χ1) is 10.1. The molecule has 0 fully saturated rings. The average molecular weight is 282 g/mol. The third-order valence-electron chi connectivity index (χ3n) is 2.86. The molecule has 5 heteroatoms. The largest absolute Gasteiger partial charge is 0.478 e. The number of carboxylic acid groups (broad SMARTS) is 1. The minimum absolute atomic E-state index is 0.0726. The molecule has 0 aliphatic heterocycles. The number of carbonyl (C=O) groups is 2. The van der Waals surface area contributed by atoms with Crippen molar-refractivity contribution in [2.24, 2.45) is 0 Å². The van der Waals surface area contributed by atoms with Crippen LogP contribution in [0.3, 0.4) is 0 Å². The first-order valence-corrected chi connectivity index (χ1v) is 6.30. The molecule has 0 aliphatic carbocycles. The van der Waals surface area contributed by atoms with Crippen LogP contribution in [0, 0.1) is 6.92 Å². The predicted molar refractivity (Wildman–Crippen MR) is 80.0 cm³/mol. The molecule has 2 N–H and O–H groups in total. The van der Waals surface area contributed by atoms with Crippen molar-refractivity contribution in [1.29, 1.82) is 0 Å². The Morgan fingerprint density at radius 1 is 1.19 bits per heavy atom. The highest BCUT2D eigenvalue weighted by molar-refractivity contribution is 6.01. The molecule has 0 radical (unpaired) electrons. The molecule has 2 aromatic rings. The van der Waals surface area contributed by atoms with E-state index in [4.69, 9.17) is 5.11 Å². The quantitative estimate of drug-likeness (QED) is 0.845. The minimum atomic E-state index is -1.06. The van der Waals surface area contributed by atoms with Crippen molar-refractivity contribution in [3.8, 4) is 0 Å². The Morgan fingerprint density at radius 2 is 1.95 bits per heavy atom. The van der Waals surface area contributed by atoms with Crippen molar-refractivity contribution < 1.29 is 14.7 Å². The van der Waals surface area contributed by atoms with Gasteiger partial charge in [0.15, 0.2) is 0 Å². The van der Waals surface area contributed by atoms with E-state index in [0.29, 0.717) is 5.82 Å². The SMILES string of the molecule is Cc1ccccc1/C=C/C(=O)Nc1ccc(C(=O)O)cn1. The molecular formula is C16H14N2O3. The van der Waals surface area contributed by atoms with Crippen molar-refractivity contribution in [2.45, 2.75) is 6.92 Å². The summed E-state index contributed by atoms with van der Waals surface area (Å²) in [6, 6.07) is 10.5. The number of aromatic nitrogens is 1. The first-order valence-electron chi connectivity index (χ1n) is 6.30. The van der Waals surface area contributed by atoms with Crippen LogP contribution in [-0.4, -0.2) is 22.0 Å². The fourth-order valence-corrected chi connectivity index (χ4v) is 1.70. The molecule has 106 valence electrons. The molecule has 2 rings (SSSR count). The van der Waals surface area contributed by atoms with Gasteiger partial charge in [0.25, 0.3) is 0 Å². The van der Waals surface area contributed by atoms with Gasteiger partial charge in [0.1, 0.15) is 5.82 Å². The van der Waals surface area contributed by atoms with Crippen LogP contribution in [0.4, 0.5) is 5.82 Å². The summed E-state index contributed by atoms with van der Waals surface area (Å²) in [5, 5.41) is 11.3. The number of carbonyl (C=O) groups excluding carboxylic acids is 1. The summed E-state index contributed by atoms with van der Waals surface area (Å²) in [6.45, 7) is 1.96. The lowest BCUT2D eigenvalue weighted by Gasteiger charge is -2.02. The zero-order valence-corrected chi connectivity index (χ0v) is 11.4. The maximum atomic E-state index is 11.8. The van der Waals surface area contributed by atoms with E-state index in [2.05, 4.69) is 10.3 Å². The second-order valence-electron chi connectivity index (χ2n) is 4.42. The van der Waals surface area contributed by atoms with E-state index < -0.39 is 5.97 Å². The monoisotopic (exact) mass is 282 g/mol. The first kappa shape index (κ1) is 14.5. The molecule has 1 aromatic heterocycles. The van der Waals surface area contributed by atoms with Crippen LogP contribution in [0.2, 0.25) is 0 Å². The highest BCUT2D eigenvalue weighted by atomic mass is 16.4. The van der Waals surface area contributed by atoms with Gasteiger partial charge in [-0.1, -0.05) is 24.3 Å². The maximum Gasteiger partial charge on any atom is 0.337 e. The number of carboxylic acids is 1. The molecule has 21 heavy (non-hydrogen) atoms. The van der Waals surface area contributed by atoms with Crippen molar-refractivity contribution in [1.82, 2.24) is 4.98 Å². The van der Waals surface area contributed by atoms with Gasteiger partial charge in [0.05, 0.1) is 5.56 Å². The van der Waals surface area contributed by atoms with E-state index in [1.54, 1.807) is 6.08 Å². The highest BCUT2D eigenvalue weighted by Crippen LogP contribution is 2.09. The Bertz CT molecular complexity index is 691. The minimum Gasteiger partial charge on any atom is -0.478 e. The van der Waals surface area contributed by atoms with Crippen molar-refractivity contribution in [3.63, 3.8) is 0 Å². The second-order valence-corrected chi connectivity index (χ2v) is 4.42. The highest BCUT2D eigenvalue weighted by Gasteiger charge is 2.04. The standard InChI is InChI=1S/C16H14N2O3/c1-11-4-2-3-5-12(11)7-9-15(19)18-14-8-6-13(10-17-14)16(20)21/h2-10H,1H3,(H,20,21)(H,17,18,19)/b9-7+. The number of pyridine rings is 1. The van der Waals surface area contributed by atoms with Crippen LogP contribution in [-0.2, 0) is 4.79 Å². The van der Waals surface area contributed by atoms with Crippen molar-refractivity contribution in [2.75, 3.05) is 5.32 Å². The summed E-state index contributed by atoms with van der Waals surface area (Å²) in [7, 11) is 0. The molecule has 0 saturated heterocycles. The van der Waals surface area contributed by atoms with Gasteiger partial charge >= 0.3 is 5.97 Å². The number of rotatable bonds is 4. The third-order valence-corrected chi connectivity index (χ3v) is 2.86. The predicted octanol–water partition coefficient (Wildman–Crippen LogP) is 2.74. The number of hydrogen-bond donors (Lipinski definition) is 2. The Labute approximate surface area is 122 Å². The molecule has 0 aliphatic rings. The number of benzene rings is 1. The summed E-state index contributed by atoms with van der Waals surface area (Å²) in [5.41, 5.74) is 2.11. The van der Waals surface area contributed by atoms with Crippen LogP contribution < -0.4 is 5.32 Å². The normalized spacial score (nSPS) is 10.5. The second kappa shape index (κ2) is 6.47. The van der Waals surface area contributed by atoms with Crippen molar-refractivity contribution in [3.05, 3.63) is 65.4 Å². The summed E-state index contributed by atoms with van der Waals surface area (Å²) < 4.78 is 0. The van der Waals surface area contributed by atoms with Crippen LogP contribution in [0.25, 0.3) is 6.08 Å². The molecule has 0 saturated carbocycles. The third kappa shape index (κ3) is 4.01.